The molecule has 7 heteroatoms. The maximum atomic E-state index is 13.1. The first-order chi connectivity index (χ1) is 9.32. The van der Waals surface area contributed by atoms with E-state index < -0.39 is 23.4 Å². The Labute approximate surface area is 115 Å². The smallest absolute Gasteiger partial charge is 0.329 e. The van der Waals surface area contributed by atoms with Crippen molar-refractivity contribution >= 4 is 17.7 Å². The summed E-state index contributed by atoms with van der Waals surface area (Å²) in [7, 11) is 0. The number of halogens is 1. The van der Waals surface area contributed by atoms with Crippen LogP contribution in [0.4, 0.5) is 14.9 Å². The highest BCUT2D eigenvalue weighted by atomic mass is 19.1. The first-order valence-electron chi connectivity index (χ1n) is 5.84. The van der Waals surface area contributed by atoms with Gasteiger partial charge in [-0.2, -0.15) is 5.26 Å². The number of carbonyl (C=O) groups is 2. The topological polar surface area (TPSA) is 102 Å². The molecule has 0 aliphatic rings. The van der Waals surface area contributed by atoms with Crippen molar-refractivity contribution < 1.29 is 19.1 Å². The number of nitriles is 1. The van der Waals surface area contributed by atoms with Gasteiger partial charge in [0, 0.05) is 5.69 Å². The van der Waals surface area contributed by atoms with Crippen LogP contribution in [0, 0.1) is 17.1 Å². The standard InChI is InChI=1S/C13H14FN3O3/c1-3-13(2,11(18)19)17-12(20)16-9-4-5-10(14)8(6-9)7-15/h4-6H,3H2,1-2H3,(H,18,19)(H2,16,17,20). The molecule has 1 aromatic carbocycles. The zero-order chi connectivity index (χ0) is 15.3. The number of urea groups is 1. The van der Waals surface area contributed by atoms with Gasteiger partial charge < -0.3 is 15.7 Å². The summed E-state index contributed by atoms with van der Waals surface area (Å²) < 4.78 is 13.1. The SMILES string of the molecule is CCC(C)(NC(=O)Nc1ccc(F)c(C#N)c1)C(=O)O. The molecule has 3 N–H and O–H groups in total. The highest BCUT2D eigenvalue weighted by Gasteiger charge is 2.32. The van der Waals surface area contributed by atoms with Gasteiger partial charge in [-0.25, -0.2) is 14.0 Å². The summed E-state index contributed by atoms with van der Waals surface area (Å²) in [5, 5.41) is 22.4. The number of aliphatic carboxylic acids is 1. The maximum absolute atomic E-state index is 13.1. The summed E-state index contributed by atoms with van der Waals surface area (Å²) in [5.41, 5.74) is -1.41. The first kappa shape index (κ1) is 15.4. The fourth-order valence-corrected chi connectivity index (χ4v) is 1.39. The summed E-state index contributed by atoms with van der Waals surface area (Å²) >= 11 is 0. The van der Waals surface area contributed by atoms with Crippen LogP contribution < -0.4 is 10.6 Å². The van der Waals surface area contributed by atoms with Crippen LogP contribution in [0.5, 0.6) is 0 Å². The molecule has 0 fully saturated rings. The van der Waals surface area contributed by atoms with Gasteiger partial charge in [0.1, 0.15) is 17.4 Å². The minimum absolute atomic E-state index is 0.197. The molecule has 0 bridgehead atoms. The van der Waals surface area contributed by atoms with Crippen molar-refractivity contribution in [2.24, 2.45) is 0 Å². The molecular weight excluding hydrogens is 265 g/mol. The molecule has 0 spiro atoms. The van der Waals surface area contributed by atoms with Crippen LogP contribution in [-0.2, 0) is 4.79 Å². The van der Waals surface area contributed by atoms with E-state index in [-0.39, 0.29) is 17.7 Å². The minimum atomic E-state index is -1.40. The lowest BCUT2D eigenvalue weighted by Gasteiger charge is -2.24. The van der Waals surface area contributed by atoms with Gasteiger partial charge in [-0.3, -0.25) is 0 Å². The third-order valence-corrected chi connectivity index (χ3v) is 2.91. The summed E-state index contributed by atoms with van der Waals surface area (Å²) in [6.45, 7) is 3.00. The molecule has 0 aliphatic carbocycles. The van der Waals surface area contributed by atoms with Crippen LogP contribution in [-0.4, -0.2) is 22.6 Å². The van der Waals surface area contributed by atoms with E-state index in [1.165, 1.54) is 19.1 Å². The second kappa shape index (κ2) is 6.02. The number of carboxylic acids is 1. The Hall–Kier alpha value is -2.62. The number of rotatable bonds is 4. The quantitative estimate of drug-likeness (QED) is 0.785. The van der Waals surface area contributed by atoms with Crippen molar-refractivity contribution in [2.75, 3.05) is 5.32 Å². The Morgan fingerprint density at radius 3 is 2.65 bits per heavy atom. The maximum Gasteiger partial charge on any atom is 0.329 e. The molecule has 1 rings (SSSR count). The molecule has 0 aliphatic heterocycles. The third-order valence-electron chi connectivity index (χ3n) is 2.91. The number of hydrogen-bond acceptors (Lipinski definition) is 3. The van der Waals surface area contributed by atoms with Crippen LogP contribution in [0.25, 0.3) is 0 Å². The van der Waals surface area contributed by atoms with Crippen LogP contribution in [0.3, 0.4) is 0 Å². The molecule has 0 aromatic heterocycles. The molecule has 6 nitrogen and oxygen atoms in total. The number of nitrogens with zero attached hydrogens (tertiary/aromatic N) is 1. The molecule has 0 heterocycles. The molecule has 1 aromatic rings. The summed E-state index contributed by atoms with van der Waals surface area (Å²) in [5.74, 6) is -1.85. The molecule has 2 amide bonds. The molecule has 106 valence electrons. The molecular formula is C13H14FN3O3. The van der Waals surface area contributed by atoms with E-state index in [1.807, 2.05) is 0 Å². The molecule has 0 radical (unpaired) electrons. The van der Waals surface area contributed by atoms with Crippen LogP contribution in [0.2, 0.25) is 0 Å². The van der Waals surface area contributed by atoms with Gasteiger partial charge in [-0.05, 0) is 31.5 Å². The predicted octanol–water partition coefficient (Wildman–Crippen LogP) is 2.07. The van der Waals surface area contributed by atoms with E-state index in [9.17, 15) is 14.0 Å². The van der Waals surface area contributed by atoms with Gasteiger partial charge in [0.15, 0.2) is 0 Å². The zero-order valence-electron chi connectivity index (χ0n) is 11.0. The van der Waals surface area contributed by atoms with Gasteiger partial charge >= 0.3 is 12.0 Å². The highest BCUT2D eigenvalue weighted by Crippen LogP contribution is 2.15. The van der Waals surface area contributed by atoms with E-state index in [0.717, 1.165) is 6.07 Å². The Balaban J connectivity index is 2.82. The van der Waals surface area contributed by atoms with Crippen molar-refractivity contribution in [3.8, 4) is 6.07 Å². The number of nitrogens with one attached hydrogen (secondary N) is 2. The normalized spacial score (nSPS) is 12.9. The fourth-order valence-electron chi connectivity index (χ4n) is 1.39. The molecule has 20 heavy (non-hydrogen) atoms. The first-order valence-corrected chi connectivity index (χ1v) is 5.84. The zero-order valence-corrected chi connectivity index (χ0v) is 11.0. The largest absolute Gasteiger partial charge is 0.480 e. The Kier molecular flexibility index (Phi) is 4.64. The average Bonchev–Trinajstić information content (AvgIpc) is 2.40. The van der Waals surface area contributed by atoms with Crippen LogP contribution >= 0.6 is 0 Å². The van der Waals surface area contributed by atoms with E-state index in [0.29, 0.717) is 0 Å². The molecule has 1 atom stereocenters. The average molecular weight is 279 g/mol. The number of carboxylic acid groups (broad SMARTS) is 1. The van der Waals surface area contributed by atoms with Crippen molar-refractivity contribution in [1.29, 1.82) is 5.26 Å². The second-order valence-corrected chi connectivity index (χ2v) is 4.38. The summed E-state index contributed by atoms with van der Waals surface area (Å²) in [6, 6.07) is 4.39. The van der Waals surface area contributed by atoms with Crippen molar-refractivity contribution in [3.05, 3.63) is 29.6 Å². The summed E-state index contributed by atoms with van der Waals surface area (Å²) in [4.78, 5) is 22.8. The van der Waals surface area contributed by atoms with Gasteiger partial charge in [0.05, 0.1) is 5.56 Å². The lowest BCUT2D eigenvalue weighted by atomic mass is 10.00. The minimum Gasteiger partial charge on any atom is -0.480 e. The van der Waals surface area contributed by atoms with Gasteiger partial charge in [0.25, 0.3) is 0 Å². The molecule has 0 saturated carbocycles. The van der Waals surface area contributed by atoms with E-state index >= 15 is 0 Å². The fraction of sp³-hybridized carbons (Fsp3) is 0.308. The molecule has 1 unspecified atom stereocenters. The van der Waals surface area contributed by atoms with Crippen molar-refractivity contribution in [1.82, 2.24) is 5.32 Å². The number of anilines is 1. The van der Waals surface area contributed by atoms with Crippen molar-refractivity contribution in [3.63, 3.8) is 0 Å². The van der Waals surface area contributed by atoms with E-state index in [2.05, 4.69) is 10.6 Å². The summed E-state index contributed by atoms with van der Waals surface area (Å²) in [6.07, 6.45) is 0.197. The second-order valence-electron chi connectivity index (χ2n) is 4.38. The van der Waals surface area contributed by atoms with Crippen LogP contribution in [0.1, 0.15) is 25.8 Å². The lowest BCUT2D eigenvalue weighted by Crippen LogP contribution is -2.53. The predicted molar refractivity (Wildman–Crippen MR) is 69.6 cm³/mol. The Morgan fingerprint density at radius 1 is 1.50 bits per heavy atom. The monoisotopic (exact) mass is 279 g/mol. The molecule has 0 saturated heterocycles. The van der Waals surface area contributed by atoms with E-state index in [1.54, 1.807) is 13.0 Å². The Bertz CT molecular complexity index is 583. The van der Waals surface area contributed by atoms with Crippen LogP contribution in [0.15, 0.2) is 18.2 Å². The lowest BCUT2D eigenvalue weighted by molar-refractivity contribution is -0.143. The highest BCUT2D eigenvalue weighted by molar-refractivity contribution is 5.93. The van der Waals surface area contributed by atoms with Gasteiger partial charge in [-0.15, -0.1) is 0 Å². The van der Waals surface area contributed by atoms with Crippen molar-refractivity contribution in [2.45, 2.75) is 25.8 Å². The third kappa shape index (κ3) is 3.45. The number of carbonyl (C=O) groups excluding carboxylic acids is 1. The number of hydrogen-bond donors (Lipinski definition) is 3. The van der Waals surface area contributed by atoms with Gasteiger partial charge in [0.2, 0.25) is 0 Å². The van der Waals surface area contributed by atoms with E-state index in [4.69, 9.17) is 10.4 Å². The number of amides is 2. The Morgan fingerprint density at radius 2 is 2.15 bits per heavy atom. The number of benzene rings is 1. The van der Waals surface area contributed by atoms with Gasteiger partial charge in [-0.1, -0.05) is 6.92 Å².